The van der Waals surface area contributed by atoms with E-state index in [2.05, 4.69) is 43.8 Å². The Hall–Kier alpha value is -3.67. The smallest absolute Gasteiger partial charge is 0.258 e. The number of fused-ring (bicyclic) bond motifs is 1. The summed E-state index contributed by atoms with van der Waals surface area (Å²) in [6.07, 6.45) is 5.97. The number of aryl methyl sites for hydroxylation is 2. The average Bonchev–Trinajstić information content (AvgIpc) is 3.11. The SMILES string of the molecule is Cc1cc(C)cc(NC(=O)c2cnc(NCCc3c[nH]c4ccccc34)nc2)c1. The molecule has 0 aliphatic heterocycles. The lowest BCUT2D eigenvalue weighted by Crippen LogP contribution is -2.14. The molecule has 6 nitrogen and oxygen atoms in total. The average molecular weight is 385 g/mol. The summed E-state index contributed by atoms with van der Waals surface area (Å²) in [5.74, 6) is 0.285. The van der Waals surface area contributed by atoms with Gasteiger partial charge >= 0.3 is 0 Å². The second-order valence-electron chi connectivity index (χ2n) is 7.16. The molecule has 2 aromatic carbocycles. The third-order valence-corrected chi connectivity index (χ3v) is 4.75. The number of nitrogens with one attached hydrogen (secondary N) is 3. The summed E-state index contributed by atoms with van der Waals surface area (Å²) in [5, 5.41) is 7.34. The topological polar surface area (TPSA) is 82.7 Å². The van der Waals surface area contributed by atoms with Gasteiger partial charge in [0.05, 0.1) is 5.56 Å². The number of H-pyrrole nitrogens is 1. The summed E-state index contributed by atoms with van der Waals surface area (Å²) < 4.78 is 0. The highest BCUT2D eigenvalue weighted by Gasteiger charge is 2.09. The number of hydrogen-bond donors (Lipinski definition) is 3. The third kappa shape index (κ3) is 4.43. The lowest BCUT2D eigenvalue weighted by Gasteiger charge is -2.08. The molecule has 0 fully saturated rings. The monoisotopic (exact) mass is 385 g/mol. The van der Waals surface area contributed by atoms with Gasteiger partial charge in [0.1, 0.15) is 0 Å². The van der Waals surface area contributed by atoms with E-state index >= 15 is 0 Å². The first-order chi connectivity index (χ1) is 14.1. The lowest BCUT2D eigenvalue weighted by molar-refractivity contribution is 0.102. The Morgan fingerprint density at radius 2 is 1.76 bits per heavy atom. The molecule has 2 heterocycles. The number of para-hydroxylation sites is 1. The number of carbonyl (C=O) groups is 1. The summed E-state index contributed by atoms with van der Waals surface area (Å²) >= 11 is 0. The summed E-state index contributed by atoms with van der Waals surface area (Å²) in [6, 6.07) is 14.2. The van der Waals surface area contributed by atoms with Gasteiger partial charge in [-0.2, -0.15) is 0 Å². The molecule has 1 amide bonds. The molecule has 0 spiro atoms. The van der Waals surface area contributed by atoms with Crippen molar-refractivity contribution in [3.8, 4) is 0 Å². The fourth-order valence-corrected chi connectivity index (χ4v) is 3.43. The molecule has 0 radical (unpaired) electrons. The van der Waals surface area contributed by atoms with E-state index in [-0.39, 0.29) is 5.91 Å². The van der Waals surface area contributed by atoms with Crippen molar-refractivity contribution in [2.45, 2.75) is 20.3 Å². The van der Waals surface area contributed by atoms with Gasteiger partial charge in [-0.1, -0.05) is 24.3 Å². The minimum atomic E-state index is -0.222. The maximum Gasteiger partial charge on any atom is 0.258 e. The predicted molar refractivity (Wildman–Crippen MR) is 116 cm³/mol. The Labute approximate surface area is 169 Å². The van der Waals surface area contributed by atoms with E-state index in [0.717, 1.165) is 28.8 Å². The van der Waals surface area contributed by atoms with Gasteiger partial charge in [0.25, 0.3) is 5.91 Å². The van der Waals surface area contributed by atoms with Crippen LogP contribution in [0.15, 0.2) is 61.1 Å². The van der Waals surface area contributed by atoms with Crippen molar-refractivity contribution < 1.29 is 4.79 Å². The molecule has 0 unspecified atom stereocenters. The Balaban J connectivity index is 1.34. The number of hydrogen-bond acceptors (Lipinski definition) is 4. The Kier molecular flexibility index (Phi) is 5.24. The standard InChI is InChI=1S/C23H23N5O/c1-15-9-16(2)11-19(10-15)28-22(29)18-13-26-23(27-14-18)24-8-7-17-12-25-21-6-4-3-5-20(17)21/h3-6,9-14,25H,7-8H2,1-2H3,(H,28,29)(H,24,26,27). The van der Waals surface area contributed by atoms with Crippen molar-refractivity contribution in [3.63, 3.8) is 0 Å². The van der Waals surface area contributed by atoms with Crippen molar-refractivity contribution in [3.05, 3.63) is 83.3 Å². The quantitative estimate of drug-likeness (QED) is 0.457. The zero-order valence-electron chi connectivity index (χ0n) is 16.5. The van der Waals surface area contributed by atoms with E-state index in [1.54, 1.807) is 12.4 Å². The number of amides is 1. The van der Waals surface area contributed by atoms with Crippen LogP contribution in [0.5, 0.6) is 0 Å². The van der Waals surface area contributed by atoms with E-state index in [1.165, 1.54) is 10.9 Å². The number of benzene rings is 2. The van der Waals surface area contributed by atoms with E-state index < -0.39 is 0 Å². The molecule has 0 aliphatic rings. The van der Waals surface area contributed by atoms with Crippen LogP contribution < -0.4 is 10.6 Å². The third-order valence-electron chi connectivity index (χ3n) is 4.75. The molecule has 3 N–H and O–H groups in total. The number of aromatic amines is 1. The van der Waals surface area contributed by atoms with Gasteiger partial charge in [-0.25, -0.2) is 9.97 Å². The number of rotatable bonds is 6. The van der Waals surface area contributed by atoms with Crippen LogP contribution in [0.25, 0.3) is 10.9 Å². The molecular weight excluding hydrogens is 362 g/mol. The Morgan fingerprint density at radius 1 is 1.03 bits per heavy atom. The fourth-order valence-electron chi connectivity index (χ4n) is 3.43. The van der Waals surface area contributed by atoms with Gasteiger partial charge in [-0.05, 0) is 55.2 Å². The summed E-state index contributed by atoms with van der Waals surface area (Å²) in [7, 11) is 0. The molecule has 4 aromatic rings. The van der Waals surface area contributed by atoms with Crippen molar-refractivity contribution in [1.29, 1.82) is 0 Å². The van der Waals surface area contributed by atoms with Crippen molar-refractivity contribution in [1.82, 2.24) is 15.0 Å². The van der Waals surface area contributed by atoms with Gasteiger partial charge < -0.3 is 15.6 Å². The highest BCUT2D eigenvalue weighted by molar-refractivity contribution is 6.04. The zero-order valence-corrected chi connectivity index (χ0v) is 16.5. The van der Waals surface area contributed by atoms with Crippen LogP contribution in [0.4, 0.5) is 11.6 Å². The van der Waals surface area contributed by atoms with Crippen LogP contribution in [-0.4, -0.2) is 27.4 Å². The van der Waals surface area contributed by atoms with Gasteiger partial charge in [0, 0.05) is 41.7 Å². The van der Waals surface area contributed by atoms with Gasteiger partial charge in [0.15, 0.2) is 0 Å². The van der Waals surface area contributed by atoms with Gasteiger partial charge in [-0.3, -0.25) is 4.79 Å². The van der Waals surface area contributed by atoms with Crippen LogP contribution in [0, 0.1) is 13.8 Å². The molecule has 4 rings (SSSR count). The van der Waals surface area contributed by atoms with Crippen molar-refractivity contribution >= 4 is 28.4 Å². The zero-order chi connectivity index (χ0) is 20.2. The molecule has 6 heteroatoms. The number of nitrogens with zero attached hydrogens (tertiary/aromatic N) is 2. The predicted octanol–water partition coefficient (Wildman–Crippen LogP) is 4.48. The molecule has 0 aliphatic carbocycles. The Bertz CT molecular complexity index is 1130. The van der Waals surface area contributed by atoms with Crippen LogP contribution in [0.2, 0.25) is 0 Å². The summed E-state index contributed by atoms with van der Waals surface area (Å²) in [4.78, 5) is 24.2. The first-order valence-corrected chi connectivity index (χ1v) is 9.59. The number of aromatic nitrogens is 3. The minimum Gasteiger partial charge on any atom is -0.361 e. The molecule has 0 saturated carbocycles. The van der Waals surface area contributed by atoms with Crippen LogP contribution >= 0.6 is 0 Å². The van der Waals surface area contributed by atoms with Crippen LogP contribution in [0.1, 0.15) is 27.0 Å². The van der Waals surface area contributed by atoms with Gasteiger partial charge in [-0.15, -0.1) is 0 Å². The minimum absolute atomic E-state index is 0.222. The maximum atomic E-state index is 12.4. The normalized spacial score (nSPS) is 10.8. The van der Waals surface area contributed by atoms with Crippen molar-refractivity contribution in [2.24, 2.45) is 0 Å². The fraction of sp³-hybridized carbons (Fsp3) is 0.174. The van der Waals surface area contributed by atoms with Crippen LogP contribution in [-0.2, 0) is 6.42 Å². The summed E-state index contributed by atoms with van der Waals surface area (Å²) in [6.45, 7) is 4.71. The molecular formula is C23H23N5O. The largest absolute Gasteiger partial charge is 0.361 e. The first kappa shape index (κ1) is 18.7. The van der Waals surface area contributed by atoms with Crippen LogP contribution in [0.3, 0.4) is 0 Å². The highest BCUT2D eigenvalue weighted by Crippen LogP contribution is 2.18. The molecule has 0 bridgehead atoms. The van der Waals surface area contributed by atoms with E-state index in [1.807, 2.05) is 44.3 Å². The molecule has 29 heavy (non-hydrogen) atoms. The second-order valence-corrected chi connectivity index (χ2v) is 7.16. The number of anilines is 2. The Morgan fingerprint density at radius 3 is 2.52 bits per heavy atom. The van der Waals surface area contributed by atoms with E-state index in [0.29, 0.717) is 18.1 Å². The van der Waals surface area contributed by atoms with E-state index in [4.69, 9.17) is 0 Å². The summed E-state index contributed by atoms with van der Waals surface area (Å²) in [5.41, 5.74) is 5.79. The highest BCUT2D eigenvalue weighted by atomic mass is 16.1. The lowest BCUT2D eigenvalue weighted by atomic mass is 10.1. The first-order valence-electron chi connectivity index (χ1n) is 9.59. The molecule has 146 valence electrons. The van der Waals surface area contributed by atoms with Gasteiger partial charge in [0.2, 0.25) is 5.95 Å². The molecule has 0 atom stereocenters. The van der Waals surface area contributed by atoms with Crippen molar-refractivity contribution in [2.75, 3.05) is 17.2 Å². The van der Waals surface area contributed by atoms with E-state index in [9.17, 15) is 4.79 Å². The second kappa shape index (κ2) is 8.14. The number of carbonyl (C=O) groups excluding carboxylic acids is 1. The molecule has 0 saturated heterocycles. The maximum absolute atomic E-state index is 12.4. The molecule has 2 aromatic heterocycles.